The van der Waals surface area contributed by atoms with E-state index in [0.29, 0.717) is 19.0 Å². The molecule has 0 aliphatic heterocycles. The van der Waals surface area contributed by atoms with Gasteiger partial charge >= 0.3 is 5.97 Å². The van der Waals surface area contributed by atoms with Crippen LogP contribution in [0, 0.1) is 6.92 Å². The quantitative estimate of drug-likeness (QED) is 0.736. The van der Waals surface area contributed by atoms with E-state index in [0.717, 1.165) is 18.4 Å². The summed E-state index contributed by atoms with van der Waals surface area (Å²) in [6, 6.07) is 1.52. The Morgan fingerprint density at radius 3 is 2.87 bits per heavy atom. The molecule has 0 aliphatic rings. The molecule has 0 fully saturated rings. The smallest absolute Gasteiger partial charge is 0.371 e. The summed E-state index contributed by atoms with van der Waals surface area (Å²) in [5.74, 6) is -0.455. The van der Waals surface area contributed by atoms with E-state index in [4.69, 9.17) is 14.3 Å². The Balaban J connectivity index is 2.50. The van der Waals surface area contributed by atoms with Gasteiger partial charge in [-0.1, -0.05) is 13.3 Å². The minimum atomic E-state index is -1.04. The van der Waals surface area contributed by atoms with E-state index in [1.807, 2.05) is 0 Å². The molecule has 0 unspecified atom stereocenters. The standard InChI is InChI=1S/C11H16O4/c1-3-4-5-14-7-9-6-10(11(12)13)15-8(9)2/h6H,3-5,7H2,1-2H3,(H,12,13). The SMILES string of the molecule is CCCCOCc1cc(C(=O)O)oc1C. The van der Waals surface area contributed by atoms with Crippen LogP contribution < -0.4 is 0 Å². The van der Waals surface area contributed by atoms with E-state index in [1.54, 1.807) is 6.92 Å². The Morgan fingerprint density at radius 2 is 2.33 bits per heavy atom. The maximum atomic E-state index is 10.6. The molecule has 1 rings (SSSR count). The Hall–Kier alpha value is -1.29. The van der Waals surface area contributed by atoms with Crippen molar-refractivity contribution >= 4 is 5.97 Å². The number of carbonyl (C=O) groups is 1. The molecule has 1 aromatic heterocycles. The van der Waals surface area contributed by atoms with E-state index >= 15 is 0 Å². The Morgan fingerprint density at radius 1 is 1.60 bits per heavy atom. The van der Waals surface area contributed by atoms with E-state index in [2.05, 4.69) is 6.92 Å². The molecule has 0 amide bonds. The summed E-state index contributed by atoms with van der Waals surface area (Å²) in [5.41, 5.74) is 0.809. The van der Waals surface area contributed by atoms with Crippen LogP contribution in [0.5, 0.6) is 0 Å². The number of carboxylic acids is 1. The molecule has 1 N–H and O–H groups in total. The van der Waals surface area contributed by atoms with Crippen molar-refractivity contribution < 1.29 is 19.1 Å². The highest BCUT2D eigenvalue weighted by Crippen LogP contribution is 2.15. The minimum Gasteiger partial charge on any atom is -0.475 e. The van der Waals surface area contributed by atoms with Crippen LogP contribution in [0.15, 0.2) is 10.5 Å². The number of hydrogen-bond donors (Lipinski definition) is 1. The predicted octanol–water partition coefficient (Wildman–Crippen LogP) is 2.60. The maximum absolute atomic E-state index is 10.6. The summed E-state index contributed by atoms with van der Waals surface area (Å²) in [6.07, 6.45) is 2.10. The van der Waals surface area contributed by atoms with Crippen molar-refractivity contribution in [3.05, 3.63) is 23.2 Å². The lowest BCUT2D eigenvalue weighted by atomic mass is 10.2. The first-order valence-corrected chi connectivity index (χ1v) is 5.05. The molecule has 0 spiro atoms. The van der Waals surface area contributed by atoms with Gasteiger partial charge in [0.1, 0.15) is 5.76 Å². The lowest BCUT2D eigenvalue weighted by molar-refractivity contribution is 0.0661. The number of hydrogen-bond acceptors (Lipinski definition) is 3. The molecule has 0 saturated heterocycles. The third kappa shape index (κ3) is 3.40. The molecule has 1 heterocycles. The molecule has 0 atom stereocenters. The van der Waals surface area contributed by atoms with Crippen LogP contribution in [0.2, 0.25) is 0 Å². The average Bonchev–Trinajstić information content (AvgIpc) is 2.55. The van der Waals surface area contributed by atoms with Gasteiger partial charge in [-0.15, -0.1) is 0 Å². The largest absolute Gasteiger partial charge is 0.475 e. The number of unbranched alkanes of at least 4 members (excludes halogenated alkanes) is 1. The molecular weight excluding hydrogens is 196 g/mol. The van der Waals surface area contributed by atoms with Crippen LogP contribution in [0.3, 0.4) is 0 Å². The van der Waals surface area contributed by atoms with Gasteiger partial charge in [-0.2, -0.15) is 0 Å². The van der Waals surface area contributed by atoms with E-state index in [-0.39, 0.29) is 5.76 Å². The third-order valence-electron chi connectivity index (χ3n) is 2.13. The second kappa shape index (κ2) is 5.56. The lowest BCUT2D eigenvalue weighted by Crippen LogP contribution is -1.95. The monoisotopic (exact) mass is 212 g/mol. The first kappa shape index (κ1) is 11.8. The molecule has 15 heavy (non-hydrogen) atoms. The van der Waals surface area contributed by atoms with Gasteiger partial charge in [-0.05, 0) is 19.4 Å². The number of aromatic carboxylic acids is 1. The molecule has 0 aliphatic carbocycles. The Labute approximate surface area is 88.8 Å². The van der Waals surface area contributed by atoms with Crippen molar-refractivity contribution in [3.63, 3.8) is 0 Å². The van der Waals surface area contributed by atoms with Crippen LogP contribution in [0.25, 0.3) is 0 Å². The predicted molar refractivity (Wildman–Crippen MR) is 55.0 cm³/mol. The molecule has 0 aromatic carbocycles. The average molecular weight is 212 g/mol. The number of ether oxygens (including phenoxy) is 1. The van der Waals surface area contributed by atoms with Gasteiger partial charge in [0, 0.05) is 12.2 Å². The summed E-state index contributed by atoms with van der Waals surface area (Å²) in [5, 5.41) is 8.70. The van der Waals surface area contributed by atoms with Gasteiger partial charge in [-0.25, -0.2) is 4.79 Å². The fourth-order valence-corrected chi connectivity index (χ4v) is 1.20. The van der Waals surface area contributed by atoms with Crippen molar-refractivity contribution in [1.82, 2.24) is 0 Å². The number of rotatable bonds is 6. The van der Waals surface area contributed by atoms with Crippen molar-refractivity contribution in [2.45, 2.75) is 33.3 Å². The molecule has 4 nitrogen and oxygen atoms in total. The van der Waals surface area contributed by atoms with Crippen LogP contribution >= 0.6 is 0 Å². The first-order chi connectivity index (χ1) is 7.15. The minimum absolute atomic E-state index is 0.0263. The van der Waals surface area contributed by atoms with Crippen molar-refractivity contribution in [1.29, 1.82) is 0 Å². The van der Waals surface area contributed by atoms with Gasteiger partial charge < -0.3 is 14.3 Å². The number of furan rings is 1. The van der Waals surface area contributed by atoms with Gasteiger partial charge in [-0.3, -0.25) is 0 Å². The van der Waals surface area contributed by atoms with Gasteiger partial charge in [0.2, 0.25) is 5.76 Å². The lowest BCUT2D eigenvalue weighted by Gasteiger charge is -2.00. The summed E-state index contributed by atoms with van der Waals surface area (Å²) in [7, 11) is 0. The zero-order valence-electron chi connectivity index (χ0n) is 9.08. The van der Waals surface area contributed by atoms with Crippen molar-refractivity contribution in [3.8, 4) is 0 Å². The molecule has 84 valence electrons. The van der Waals surface area contributed by atoms with Crippen LogP contribution in [0.4, 0.5) is 0 Å². The summed E-state index contributed by atoms with van der Waals surface area (Å²) in [6.45, 7) is 4.95. The van der Waals surface area contributed by atoms with E-state index < -0.39 is 5.97 Å². The van der Waals surface area contributed by atoms with Gasteiger partial charge in [0.05, 0.1) is 6.61 Å². The highest BCUT2D eigenvalue weighted by atomic mass is 16.5. The van der Waals surface area contributed by atoms with E-state index in [9.17, 15) is 4.79 Å². The second-order valence-corrected chi connectivity index (χ2v) is 3.40. The fraction of sp³-hybridized carbons (Fsp3) is 0.545. The summed E-state index contributed by atoms with van der Waals surface area (Å²) < 4.78 is 10.4. The number of aryl methyl sites for hydroxylation is 1. The molecule has 0 saturated carbocycles. The topological polar surface area (TPSA) is 59.7 Å². The zero-order valence-corrected chi connectivity index (χ0v) is 9.08. The molecular formula is C11H16O4. The maximum Gasteiger partial charge on any atom is 0.371 e. The highest BCUT2D eigenvalue weighted by Gasteiger charge is 2.12. The Bertz CT molecular complexity index is 327. The van der Waals surface area contributed by atoms with Crippen molar-refractivity contribution in [2.24, 2.45) is 0 Å². The summed E-state index contributed by atoms with van der Waals surface area (Å²) >= 11 is 0. The van der Waals surface area contributed by atoms with Crippen molar-refractivity contribution in [2.75, 3.05) is 6.61 Å². The molecule has 4 heteroatoms. The van der Waals surface area contributed by atoms with Gasteiger partial charge in [0.15, 0.2) is 0 Å². The fourth-order valence-electron chi connectivity index (χ4n) is 1.20. The molecule has 0 bridgehead atoms. The van der Waals surface area contributed by atoms with Gasteiger partial charge in [0.25, 0.3) is 0 Å². The third-order valence-corrected chi connectivity index (χ3v) is 2.13. The first-order valence-electron chi connectivity index (χ1n) is 5.05. The zero-order chi connectivity index (χ0) is 11.3. The highest BCUT2D eigenvalue weighted by molar-refractivity contribution is 5.84. The molecule has 0 radical (unpaired) electrons. The number of carboxylic acid groups (broad SMARTS) is 1. The molecule has 1 aromatic rings. The van der Waals surface area contributed by atoms with Crippen LogP contribution in [-0.4, -0.2) is 17.7 Å². The summed E-state index contributed by atoms with van der Waals surface area (Å²) in [4.78, 5) is 10.6. The van der Waals surface area contributed by atoms with Crippen LogP contribution in [-0.2, 0) is 11.3 Å². The van der Waals surface area contributed by atoms with E-state index in [1.165, 1.54) is 6.07 Å². The normalized spacial score (nSPS) is 10.5. The Kier molecular flexibility index (Phi) is 4.37. The van der Waals surface area contributed by atoms with Crippen LogP contribution in [0.1, 0.15) is 41.6 Å². The second-order valence-electron chi connectivity index (χ2n) is 3.40.